The molecule has 3 heteroatoms. The van der Waals surface area contributed by atoms with Crippen molar-refractivity contribution in [3.63, 3.8) is 0 Å². The second-order valence-electron chi connectivity index (χ2n) is 9.14. The summed E-state index contributed by atoms with van der Waals surface area (Å²) in [5, 5.41) is 20.9. The second-order valence-corrected chi connectivity index (χ2v) is 9.14. The van der Waals surface area contributed by atoms with Crippen molar-refractivity contribution in [3.05, 3.63) is 0 Å². The molecule has 0 amide bonds. The summed E-state index contributed by atoms with van der Waals surface area (Å²) in [5.41, 5.74) is 0.0929. The van der Waals surface area contributed by atoms with Crippen LogP contribution in [0.15, 0.2) is 0 Å². The van der Waals surface area contributed by atoms with Gasteiger partial charge in [0.25, 0.3) is 0 Å². The highest BCUT2D eigenvalue weighted by Gasteiger charge is 2.62. The molecule has 1 unspecified atom stereocenters. The number of hydrogen-bond donors (Lipinski definition) is 2. The van der Waals surface area contributed by atoms with Gasteiger partial charge in [-0.1, -0.05) is 13.8 Å². The molecule has 8 atom stereocenters. The number of carbonyl (C=O) groups excluding carboxylic acids is 1. The third-order valence-electron chi connectivity index (χ3n) is 8.36. The van der Waals surface area contributed by atoms with Crippen molar-refractivity contribution in [3.8, 4) is 0 Å². The summed E-state index contributed by atoms with van der Waals surface area (Å²) in [7, 11) is 0. The molecule has 0 heterocycles. The highest BCUT2D eigenvalue weighted by molar-refractivity contribution is 5.87. The first-order valence-electron chi connectivity index (χ1n) is 9.25. The molecule has 4 fully saturated rings. The van der Waals surface area contributed by atoms with Gasteiger partial charge < -0.3 is 10.2 Å². The predicted molar refractivity (Wildman–Crippen MR) is 84.1 cm³/mol. The molecule has 0 radical (unpaired) electrons. The van der Waals surface area contributed by atoms with Crippen LogP contribution in [0.3, 0.4) is 0 Å². The maximum absolute atomic E-state index is 12.4. The largest absolute Gasteiger partial charge is 0.393 e. The van der Waals surface area contributed by atoms with Gasteiger partial charge in [-0.3, -0.25) is 4.79 Å². The molecule has 0 aromatic carbocycles. The van der Waals surface area contributed by atoms with Gasteiger partial charge in [-0.25, -0.2) is 0 Å². The molecule has 0 aliphatic heterocycles. The molecule has 4 saturated carbocycles. The van der Waals surface area contributed by atoms with Crippen LogP contribution >= 0.6 is 0 Å². The van der Waals surface area contributed by atoms with Crippen molar-refractivity contribution in [2.75, 3.05) is 0 Å². The summed E-state index contributed by atoms with van der Waals surface area (Å²) in [5.74, 6) is 2.13. The fourth-order valence-electron chi connectivity index (χ4n) is 6.97. The van der Waals surface area contributed by atoms with E-state index in [9.17, 15) is 15.0 Å². The smallest absolute Gasteiger partial charge is 0.139 e. The zero-order valence-corrected chi connectivity index (χ0v) is 13.9. The fourth-order valence-corrected chi connectivity index (χ4v) is 6.97. The Morgan fingerprint density at radius 2 is 1.77 bits per heavy atom. The molecular formula is C19H30O3. The topological polar surface area (TPSA) is 57.5 Å². The summed E-state index contributed by atoms with van der Waals surface area (Å²) in [6.07, 6.45) is 7.03. The Hall–Kier alpha value is -0.410. The Morgan fingerprint density at radius 1 is 1.00 bits per heavy atom. The van der Waals surface area contributed by atoms with Crippen molar-refractivity contribution in [1.82, 2.24) is 0 Å². The first kappa shape index (κ1) is 15.1. The minimum Gasteiger partial charge on any atom is -0.393 e. The quantitative estimate of drug-likeness (QED) is 0.723. The summed E-state index contributed by atoms with van der Waals surface area (Å²) in [4.78, 5) is 12.4. The van der Waals surface area contributed by atoms with Crippen molar-refractivity contribution in [1.29, 1.82) is 0 Å². The molecule has 0 aromatic rings. The molecule has 0 aromatic heterocycles. The summed E-state index contributed by atoms with van der Waals surface area (Å²) < 4.78 is 0. The average Bonchev–Trinajstić information content (AvgIpc) is 2.77. The summed E-state index contributed by atoms with van der Waals surface area (Å²) >= 11 is 0. The lowest BCUT2D eigenvalue weighted by Crippen LogP contribution is -2.58. The molecule has 22 heavy (non-hydrogen) atoms. The number of carbonyl (C=O) groups is 1. The molecule has 0 saturated heterocycles. The molecule has 4 rings (SSSR count). The van der Waals surface area contributed by atoms with Crippen molar-refractivity contribution < 1.29 is 15.0 Å². The second kappa shape index (κ2) is 4.80. The van der Waals surface area contributed by atoms with Gasteiger partial charge in [-0.15, -0.1) is 0 Å². The number of aliphatic hydroxyl groups excluding tert-OH is 2. The predicted octanol–water partition coefficient (Wildman–Crippen LogP) is 2.93. The number of rotatable bonds is 0. The molecule has 2 N–H and O–H groups in total. The van der Waals surface area contributed by atoms with Gasteiger partial charge in [0.15, 0.2) is 0 Å². The number of Topliss-reactive ketones (excluding diaryl/α,β-unsaturated/α-hetero) is 1. The van der Waals surface area contributed by atoms with Crippen LogP contribution in [-0.2, 0) is 4.79 Å². The van der Waals surface area contributed by atoms with Gasteiger partial charge in [0.1, 0.15) is 5.78 Å². The van der Waals surface area contributed by atoms with Crippen LogP contribution < -0.4 is 0 Å². The van der Waals surface area contributed by atoms with E-state index in [4.69, 9.17) is 0 Å². The molecule has 0 bridgehead atoms. The maximum atomic E-state index is 12.4. The Balaban J connectivity index is 1.69. The van der Waals surface area contributed by atoms with Crippen molar-refractivity contribution >= 4 is 5.78 Å². The highest BCUT2D eigenvalue weighted by atomic mass is 16.3. The van der Waals surface area contributed by atoms with Gasteiger partial charge in [0, 0.05) is 11.8 Å². The van der Waals surface area contributed by atoms with E-state index in [1.165, 1.54) is 0 Å². The van der Waals surface area contributed by atoms with E-state index in [1.54, 1.807) is 0 Å². The minimum absolute atomic E-state index is 0.167. The van der Waals surface area contributed by atoms with E-state index in [0.717, 1.165) is 51.4 Å². The zero-order chi connectivity index (χ0) is 15.7. The third-order valence-corrected chi connectivity index (χ3v) is 8.36. The SMILES string of the molecule is C[C@]12CC[C@@H](O)CC1C[C@@H](O)[C@@H]1[C@@H]2CC[C@]2(C)C(=O)CC[C@@H]12. The van der Waals surface area contributed by atoms with E-state index in [2.05, 4.69) is 13.8 Å². The van der Waals surface area contributed by atoms with Crippen LogP contribution in [0.5, 0.6) is 0 Å². The average molecular weight is 306 g/mol. The molecule has 3 nitrogen and oxygen atoms in total. The normalized spacial score (nSPS) is 57.9. The molecule has 0 spiro atoms. The van der Waals surface area contributed by atoms with Crippen LogP contribution in [0.25, 0.3) is 0 Å². The van der Waals surface area contributed by atoms with Gasteiger partial charge in [-0.05, 0) is 74.0 Å². The Bertz CT molecular complexity index is 489. The molecule has 124 valence electrons. The van der Waals surface area contributed by atoms with Gasteiger partial charge in [0.2, 0.25) is 0 Å². The minimum atomic E-state index is -0.274. The van der Waals surface area contributed by atoms with Crippen LogP contribution in [0.4, 0.5) is 0 Å². The molecular weight excluding hydrogens is 276 g/mol. The van der Waals surface area contributed by atoms with E-state index in [1.807, 2.05) is 0 Å². The maximum Gasteiger partial charge on any atom is 0.139 e. The zero-order valence-electron chi connectivity index (χ0n) is 13.9. The van der Waals surface area contributed by atoms with Gasteiger partial charge in [0.05, 0.1) is 12.2 Å². The van der Waals surface area contributed by atoms with Gasteiger partial charge >= 0.3 is 0 Å². The molecule has 4 aliphatic rings. The lowest BCUT2D eigenvalue weighted by atomic mass is 9.44. The lowest BCUT2D eigenvalue weighted by molar-refractivity contribution is -0.171. The van der Waals surface area contributed by atoms with Crippen LogP contribution in [0, 0.1) is 34.5 Å². The first-order valence-corrected chi connectivity index (χ1v) is 9.25. The molecule has 4 aliphatic carbocycles. The van der Waals surface area contributed by atoms with Gasteiger partial charge in [-0.2, -0.15) is 0 Å². The first-order chi connectivity index (χ1) is 10.4. The number of hydrogen-bond acceptors (Lipinski definition) is 3. The van der Waals surface area contributed by atoms with E-state index in [0.29, 0.717) is 29.5 Å². The number of aliphatic hydroxyl groups is 2. The van der Waals surface area contributed by atoms with Crippen LogP contribution in [-0.4, -0.2) is 28.2 Å². The Morgan fingerprint density at radius 3 is 2.55 bits per heavy atom. The van der Waals surface area contributed by atoms with Crippen LogP contribution in [0.1, 0.15) is 65.2 Å². The highest BCUT2D eigenvalue weighted by Crippen LogP contribution is 2.65. The number of ketones is 1. The van der Waals surface area contributed by atoms with E-state index < -0.39 is 0 Å². The van der Waals surface area contributed by atoms with Crippen molar-refractivity contribution in [2.24, 2.45) is 34.5 Å². The van der Waals surface area contributed by atoms with Crippen molar-refractivity contribution in [2.45, 2.75) is 77.4 Å². The number of fused-ring (bicyclic) bond motifs is 5. The third kappa shape index (κ3) is 1.84. The van der Waals surface area contributed by atoms with E-state index in [-0.39, 0.29) is 23.0 Å². The lowest BCUT2D eigenvalue weighted by Gasteiger charge is -2.61. The fraction of sp³-hybridized carbons (Fsp3) is 0.947. The standard InChI is InChI=1S/C19H30O3/c1-18-7-5-12(20)9-11(18)10-15(21)17-13-3-4-16(22)19(13,2)8-6-14(17)18/h11-15,17,20-21H,3-10H2,1-2H3/t11?,12-,13+,14+,15-,17+,18+,19+/m1/s1. The monoisotopic (exact) mass is 306 g/mol. The Labute approximate surface area is 133 Å². The summed E-state index contributed by atoms with van der Waals surface area (Å²) in [6.45, 7) is 4.57. The Kier molecular flexibility index (Phi) is 3.30. The summed E-state index contributed by atoms with van der Waals surface area (Å²) in [6, 6.07) is 0. The van der Waals surface area contributed by atoms with E-state index >= 15 is 0 Å². The van der Waals surface area contributed by atoms with Crippen LogP contribution in [0.2, 0.25) is 0 Å².